The molecular weight excluding hydrogens is 439 g/mol. The average Bonchev–Trinajstić information content (AvgIpc) is 3.55. The van der Waals surface area contributed by atoms with Crippen molar-refractivity contribution in [2.75, 3.05) is 32.7 Å². The number of nitrogens with zero attached hydrogens (tertiary/aromatic N) is 2. The molecule has 3 nitrogen and oxygen atoms in total. The third kappa shape index (κ3) is 4.54. The van der Waals surface area contributed by atoms with E-state index >= 15 is 0 Å². The van der Waals surface area contributed by atoms with Gasteiger partial charge in [0.15, 0.2) is 0 Å². The predicted octanol–water partition coefficient (Wildman–Crippen LogP) is 5.99. The molecule has 5 rings (SSSR count). The van der Waals surface area contributed by atoms with Gasteiger partial charge in [0.25, 0.3) is 5.91 Å². The normalized spacial score (nSPS) is 22.5. The van der Waals surface area contributed by atoms with Gasteiger partial charge in [-0.05, 0) is 102 Å². The molecule has 2 atom stereocenters. The first-order valence-corrected chi connectivity index (χ1v) is 13.2. The van der Waals surface area contributed by atoms with Gasteiger partial charge in [-0.25, -0.2) is 4.39 Å². The van der Waals surface area contributed by atoms with Crippen LogP contribution in [0, 0.1) is 18.7 Å². The van der Waals surface area contributed by atoms with Gasteiger partial charge < -0.3 is 9.80 Å². The second-order valence-corrected chi connectivity index (χ2v) is 10.9. The molecule has 4 heterocycles. The number of carbonyl (C=O) groups is 1. The molecule has 0 bridgehead atoms. The Morgan fingerprint density at radius 1 is 1.03 bits per heavy atom. The standard InChI is InChI=1S/C26H29FN2OS2/c1-18-8-13-32-25(18)26(30)29-15-22(24(16-29)21-9-12-31-17-21)14-28-10-6-20(7-11-28)19-2-4-23(27)5-3-19/h2-5,8-9,12-13,17,20,22,24H,6-7,10-11,14-16H2,1H3. The third-order valence-corrected chi connectivity index (χ3v) is 8.88. The van der Waals surface area contributed by atoms with Crippen molar-refractivity contribution < 1.29 is 9.18 Å². The van der Waals surface area contributed by atoms with Crippen LogP contribution in [0.25, 0.3) is 0 Å². The summed E-state index contributed by atoms with van der Waals surface area (Å²) in [5.74, 6) is 1.40. The van der Waals surface area contributed by atoms with Crippen LogP contribution in [0.2, 0.25) is 0 Å². The zero-order valence-electron chi connectivity index (χ0n) is 18.4. The first-order chi connectivity index (χ1) is 15.6. The zero-order valence-corrected chi connectivity index (χ0v) is 20.0. The molecule has 32 heavy (non-hydrogen) atoms. The largest absolute Gasteiger partial charge is 0.337 e. The lowest BCUT2D eigenvalue weighted by molar-refractivity contribution is 0.0785. The molecule has 2 aliphatic heterocycles. The molecule has 2 unspecified atom stereocenters. The lowest BCUT2D eigenvalue weighted by atomic mass is 9.87. The maximum absolute atomic E-state index is 13.3. The predicted molar refractivity (Wildman–Crippen MR) is 130 cm³/mol. The van der Waals surface area contributed by atoms with Crippen LogP contribution < -0.4 is 0 Å². The molecule has 2 aliphatic rings. The van der Waals surface area contributed by atoms with Crippen LogP contribution >= 0.6 is 22.7 Å². The fourth-order valence-electron chi connectivity index (χ4n) is 5.34. The van der Waals surface area contributed by atoms with E-state index in [1.165, 1.54) is 11.1 Å². The van der Waals surface area contributed by atoms with E-state index in [2.05, 4.69) is 26.6 Å². The molecule has 168 valence electrons. The van der Waals surface area contributed by atoms with E-state index in [0.717, 1.165) is 56.0 Å². The molecule has 0 spiro atoms. The summed E-state index contributed by atoms with van der Waals surface area (Å²) in [5.41, 5.74) is 3.71. The lowest BCUT2D eigenvalue weighted by Crippen LogP contribution is -2.38. The first kappa shape index (κ1) is 21.8. The van der Waals surface area contributed by atoms with Crippen LogP contribution in [-0.2, 0) is 0 Å². The quantitative estimate of drug-likeness (QED) is 0.459. The lowest BCUT2D eigenvalue weighted by Gasteiger charge is -2.34. The second kappa shape index (κ2) is 9.46. The third-order valence-electron chi connectivity index (χ3n) is 7.18. The summed E-state index contributed by atoms with van der Waals surface area (Å²) in [5, 5.41) is 6.41. The minimum Gasteiger partial charge on any atom is -0.337 e. The van der Waals surface area contributed by atoms with Gasteiger partial charge in [0.05, 0.1) is 4.88 Å². The van der Waals surface area contributed by atoms with Crippen molar-refractivity contribution in [1.82, 2.24) is 9.80 Å². The highest BCUT2D eigenvalue weighted by molar-refractivity contribution is 7.12. The number of aryl methyl sites for hydroxylation is 1. The SMILES string of the molecule is Cc1ccsc1C(=O)N1CC(CN2CCC(c3ccc(F)cc3)CC2)C(c2ccsc2)C1. The number of thiophene rings is 2. The summed E-state index contributed by atoms with van der Waals surface area (Å²) in [6, 6.07) is 11.3. The van der Waals surface area contributed by atoms with E-state index in [0.29, 0.717) is 17.8 Å². The van der Waals surface area contributed by atoms with Crippen molar-refractivity contribution in [3.8, 4) is 0 Å². The van der Waals surface area contributed by atoms with E-state index in [4.69, 9.17) is 0 Å². The number of benzene rings is 1. The van der Waals surface area contributed by atoms with Crippen molar-refractivity contribution >= 4 is 28.6 Å². The fourth-order valence-corrected chi connectivity index (χ4v) is 6.95. The minimum atomic E-state index is -0.163. The smallest absolute Gasteiger partial charge is 0.264 e. The van der Waals surface area contributed by atoms with Crippen LogP contribution in [0.3, 0.4) is 0 Å². The summed E-state index contributed by atoms with van der Waals surface area (Å²) >= 11 is 3.30. The van der Waals surface area contributed by atoms with Gasteiger partial charge in [-0.2, -0.15) is 11.3 Å². The van der Waals surface area contributed by atoms with E-state index in [1.54, 1.807) is 34.8 Å². The highest BCUT2D eigenvalue weighted by atomic mass is 32.1. The molecule has 0 saturated carbocycles. The topological polar surface area (TPSA) is 23.6 Å². The Labute approximate surface area is 197 Å². The van der Waals surface area contributed by atoms with Crippen LogP contribution in [0.1, 0.15) is 51.0 Å². The van der Waals surface area contributed by atoms with Gasteiger partial charge in [-0.15, -0.1) is 11.3 Å². The van der Waals surface area contributed by atoms with Gasteiger partial charge >= 0.3 is 0 Å². The summed E-state index contributed by atoms with van der Waals surface area (Å²) in [7, 11) is 0. The molecule has 2 aromatic heterocycles. The monoisotopic (exact) mass is 468 g/mol. The van der Waals surface area contributed by atoms with Crippen LogP contribution in [0.5, 0.6) is 0 Å². The number of carbonyl (C=O) groups excluding carboxylic acids is 1. The molecule has 2 saturated heterocycles. The molecule has 1 aromatic carbocycles. The highest BCUT2D eigenvalue weighted by Gasteiger charge is 2.38. The number of amides is 1. The van der Waals surface area contributed by atoms with E-state index in [-0.39, 0.29) is 11.7 Å². The number of rotatable bonds is 5. The average molecular weight is 469 g/mol. The Morgan fingerprint density at radius 3 is 2.47 bits per heavy atom. The maximum Gasteiger partial charge on any atom is 0.264 e. The van der Waals surface area contributed by atoms with E-state index < -0.39 is 0 Å². The Hall–Kier alpha value is -2.02. The molecule has 6 heteroatoms. The minimum absolute atomic E-state index is 0.163. The molecule has 0 radical (unpaired) electrons. The van der Waals surface area contributed by atoms with E-state index in [9.17, 15) is 9.18 Å². The van der Waals surface area contributed by atoms with E-state index in [1.807, 2.05) is 30.5 Å². The summed E-state index contributed by atoms with van der Waals surface area (Å²) < 4.78 is 13.3. The molecule has 0 aliphatic carbocycles. The fraction of sp³-hybridized carbons (Fsp3) is 0.423. The summed E-state index contributed by atoms with van der Waals surface area (Å²) in [6.45, 7) is 6.82. The Kier molecular flexibility index (Phi) is 6.44. The molecule has 3 aromatic rings. The first-order valence-electron chi connectivity index (χ1n) is 11.4. The molecular formula is C26H29FN2OS2. The maximum atomic E-state index is 13.3. The number of halogens is 1. The van der Waals surface area contributed by atoms with Gasteiger partial charge in [-0.1, -0.05) is 12.1 Å². The number of hydrogen-bond donors (Lipinski definition) is 0. The number of piperidine rings is 1. The Morgan fingerprint density at radius 2 is 1.81 bits per heavy atom. The Bertz CT molecular complexity index is 1040. The molecule has 0 N–H and O–H groups in total. The highest BCUT2D eigenvalue weighted by Crippen LogP contribution is 2.37. The van der Waals surface area contributed by atoms with Gasteiger partial charge in [0.1, 0.15) is 5.82 Å². The summed E-state index contributed by atoms with van der Waals surface area (Å²) in [6.07, 6.45) is 2.22. The van der Waals surface area contributed by atoms with Crippen LogP contribution in [-0.4, -0.2) is 48.4 Å². The number of likely N-dealkylation sites (tertiary alicyclic amines) is 2. The molecule has 1 amide bonds. The van der Waals surface area contributed by atoms with Crippen molar-refractivity contribution in [3.63, 3.8) is 0 Å². The molecule has 2 fully saturated rings. The van der Waals surface area contributed by atoms with Gasteiger partial charge in [0.2, 0.25) is 0 Å². The second-order valence-electron chi connectivity index (χ2n) is 9.19. The van der Waals surface area contributed by atoms with Crippen LogP contribution in [0.15, 0.2) is 52.5 Å². The van der Waals surface area contributed by atoms with Crippen molar-refractivity contribution in [2.45, 2.75) is 31.6 Å². The van der Waals surface area contributed by atoms with Crippen molar-refractivity contribution in [2.24, 2.45) is 5.92 Å². The zero-order chi connectivity index (χ0) is 22.1. The number of hydrogen-bond acceptors (Lipinski definition) is 4. The van der Waals surface area contributed by atoms with Crippen molar-refractivity contribution in [3.05, 3.63) is 79.9 Å². The van der Waals surface area contributed by atoms with Gasteiger partial charge in [0, 0.05) is 25.6 Å². The Balaban J connectivity index is 1.25. The summed E-state index contributed by atoms with van der Waals surface area (Å²) in [4.78, 5) is 18.7. The van der Waals surface area contributed by atoms with Crippen molar-refractivity contribution in [1.29, 1.82) is 0 Å². The van der Waals surface area contributed by atoms with Gasteiger partial charge in [-0.3, -0.25) is 4.79 Å². The van der Waals surface area contributed by atoms with Crippen LogP contribution in [0.4, 0.5) is 4.39 Å².